The number of hydrogen-bond acceptors (Lipinski definition) is 4. The molecule has 2 aromatic rings. The first kappa shape index (κ1) is 9.86. The topological polar surface area (TPSA) is 51.0 Å². The summed E-state index contributed by atoms with van der Waals surface area (Å²) < 4.78 is 5.04. The van der Waals surface area contributed by atoms with Crippen LogP contribution >= 0.6 is 0 Å². The highest BCUT2D eigenvalue weighted by atomic mass is 16.3. The van der Waals surface area contributed by atoms with Crippen molar-refractivity contribution in [1.29, 1.82) is 0 Å². The smallest absolute Gasteiger partial charge is 0.0935 e. The highest BCUT2D eigenvalue weighted by Gasteiger charge is 2.10. The third kappa shape index (κ3) is 2.41. The molecule has 0 spiro atoms. The number of furan rings is 1. The Balaban J connectivity index is 2.12. The van der Waals surface area contributed by atoms with Crippen LogP contribution in [0.1, 0.15) is 17.2 Å². The minimum Gasteiger partial charge on any atom is -0.472 e. The summed E-state index contributed by atoms with van der Waals surface area (Å²) in [5, 5.41) is 10.9. The van der Waals surface area contributed by atoms with Gasteiger partial charge < -0.3 is 9.73 Å². The van der Waals surface area contributed by atoms with Crippen LogP contribution in [0.3, 0.4) is 0 Å². The number of hydrogen-bond donors (Lipinski definition) is 1. The predicted molar refractivity (Wildman–Crippen MR) is 56.2 cm³/mol. The summed E-state index contributed by atoms with van der Waals surface area (Å²) in [7, 11) is 1.94. The summed E-state index contributed by atoms with van der Waals surface area (Å²) in [6.07, 6.45) is 7.82. The molecule has 0 aliphatic heterocycles. The lowest BCUT2D eigenvalue weighted by atomic mass is 10.0. The fourth-order valence-corrected chi connectivity index (χ4v) is 1.54. The molecule has 78 valence electrons. The molecule has 1 N–H and O–H groups in total. The predicted octanol–water partition coefficient (Wildman–Crippen LogP) is 1.57. The molecule has 1 atom stereocenters. The lowest BCUT2D eigenvalue weighted by Gasteiger charge is -2.14. The monoisotopic (exact) mass is 203 g/mol. The van der Waals surface area contributed by atoms with Gasteiger partial charge in [-0.15, -0.1) is 0 Å². The van der Waals surface area contributed by atoms with Crippen molar-refractivity contribution in [2.75, 3.05) is 7.05 Å². The molecular weight excluding hydrogens is 190 g/mol. The van der Waals surface area contributed by atoms with Gasteiger partial charge in [0.05, 0.1) is 18.7 Å². The zero-order valence-corrected chi connectivity index (χ0v) is 8.55. The molecule has 2 heterocycles. The van der Waals surface area contributed by atoms with Crippen LogP contribution in [0, 0.1) is 0 Å². The van der Waals surface area contributed by atoms with Crippen LogP contribution in [0.5, 0.6) is 0 Å². The van der Waals surface area contributed by atoms with Gasteiger partial charge in [0.2, 0.25) is 0 Å². The first-order chi connectivity index (χ1) is 7.40. The molecule has 15 heavy (non-hydrogen) atoms. The van der Waals surface area contributed by atoms with E-state index in [1.807, 2.05) is 19.2 Å². The third-order valence-electron chi connectivity index (χ3n) is 2.38. The maximum absolute atomic E-state index is 5.04. The van der Waals surface area contributed by atoms with Gasteiger partial charge in [0.1, 0.15) is 0 Å². The fraction of sp³-hybridized carbons (Fsp3) is 0.273. The number of aromatic nitrogens is 2. The quantitative estimate of drug-likeness (QED) is 0.819. The van der Waals surface area contributed by atoms with Crippen molar-refractivity contribution in [1.82, 2.24) is 15.5 Å². The Morgan fingerprint density at radius 3 is 2.93 bits per heavy atom. The highest BCUT2D eigenvalue weighted by molar-refractivity contribution is 5.17. The average Bonchev–Trinajstić information content (AvgIpc) is 2.80. The van der Waals surface area contributed by atoms with Gasteiger partial charge in [0.25, 0.3) is 0 Å². The molecule has 0 aromatic carbocycles. The largest absolute Gasteiger partial charge is 0.472 e. The maximum atomic E-state index is 5.04. The second kappa shape index (κ2) is 4.70. The summed E-state index contributed by atoms with van der Waals surface area (Å²) in [4.78, 5) is 0. The van der Waals surface area contributed by atoms with E-state index in [1.165, 1.54) is 5.56 Å². The van der Waals surface area contributed by atoms with Crippen LogP contribution in [0.25, 0.3) is 0 Å². The van der Waals surface area contributed by atoms with E-state index in [9.17, 15) is 0 Å². The molecule has 2 aromatic heterocycles. The molecule has 4 nitrogen and oxygen atoms in total. The molecule has 0 saturated carbocycles. The lowest BCUT2D eigenvalue weighted by molar-refractivity contribution is 0.551. The van der Waals surface area contributed by atoms with Crippen molar-refractivity contribution in [3.05, 3.63) is 48.2 Å². The Hall–Kier alpha value is -1.68. The molecule has 0 amide bonds. The van der Waals surface area contributed by atoms with Gasteiger partial charge in [0, 0.05) is 12.2 Å². The van der Waals surface area contributed by atoms with Gasteiger partial charge in [-0.2, -0.15) is 10.2 Å². The van der Waals surface area contributed by atoms with Crippen LogP contribution in [0.4, 0.5) is 0 Å². The first-order valence-corrected chi connectivity index (χ1v) is 4.85. The van der Waals surface area contributed by atoms with Gasteiger partial charge in [0.15, 0.2) is 0 Å². The Morgan fingerprint density at radius 1 is 1.40 bits per heavy atom. The van der Waals surface area contributed by atoms with E-state index < -0.39 is 0 Å². The Labute approximate surface area is 88.3 Å². The van der Waals surface area contributed by atoms with E-state index >= 15 is 0 Å². The average molecular weight is 203 g/mol. The molecule has 0 aliphatic rings. The van der Waals surface area contributed by atoms with Crippen molar-refractivity contribution in [2.24, 2.45) is 0 Å². The number of nitrogens with zero attached hydrogens (tertiary/aromatic N) is 2. The molecular formula is C11H13N3O. The highest BCUT2D eigenvalue weighted by Crippen LogP contribution is 2.16. The first-order valence-electron chi connectivity index (χ1n) is 4.85. The van der Waals surface area contributed by atoms with Crippen molar-refractivity contribution >= 4 is 0 Å². The summed E-state index contributed by atoms with van der Waals surface area (Å²) in [5.74, 6) is 0. The summed E-state index contributed by atoms with van der Waals surface area (Å²) in [6, 6.07) is 4.19. The molecule has 0 fully saturated rings. The van der Waals surface area contributed by atoms with Crippen LogP contribution in [0.15, 0.2) is 41.5 Å². The second-order valence-corrected chi connectivity index (χ2v) is 3.35. The summed E-state index contributed by atoms with van der Waals surface area (Å²) in [5.41, 5.74) is 2.31. The van der Waals surface area contributed by atoms with E-state index in [1.54, 1.807) is 24.9 Å². The van der Waals surface area contributed by atoms with Crippen LogP contribution in [-0.2, 0) is 6.42 Å². The molecule has 0 aliphatic carbocycles. The van der Waals surface area contributed by atoms with E-state index in [4.69, 9.17) is 4.42 Å². The zero-order valence-electron chi connectivity index (χ0n) is 8.55. The maximum Gasteiger partial charge on any atom is 0.0935 e. The number of likely N-dealkylation sites (N-methyl/N-ethyl adjacent to an activating group) is 1. The van der Waals surface area contributed by atoms with E-state index in [2.05, 4.69) is 15.5 Å². The summed E-state index contributed by atoms with van der Waals surface area (Å²) >= 11 is 0. The van der Waals surface area contributed by atoms with Crippen molar-refractivity contribution in [3.63, 3.8) is 0 Å². The summed E-state index contributed by atoms with van der Waals surface area (Å²) in [6.45, 7) is 0. The van der Waals surface area contributed by atoms with E-state index in [-0.39, 0.29) is 6.04 Å². The molecule has 0 saturated heterocycles. The van der Waals surface area contributed by atoms with Gasteiger partial charge in [-0.25, -0.2) is 0 Å². The fourth-order valence-electron chi connectivity index (χ4n) is 1.54. The van der Waals surface area contributed by atoms with Crippen LogP contribution in [0.2, 0.25) is 0 Å². The van der Waals surface area contributed by atoms with Crippen LogP contribution < -0.4 is 5.32 Å². The van der Waals surface area contributed by atoms with E-state index in [0.717, 1.165) is 12.0 Å². The third-order valence-corrected chi connectivity index (χ3v) is 2.38. The van der Waals surface area contributed by atoms with Crippen molar-refractivity contribution < 1.29 is 4.42 Å². The molecule has 4 heteroatoms. The number of nitrogens with one attached hydrogen (secondary N) is 1. The van der Waals surface area contributed by atoms with Crippen molar-refractivity contribution in [3.8, 4) is 0 Å². The number of rotatable bonds is 4. The Morgan fingerprint density at radius 2 is 2.33 bits per heavy atom. The van der Waals surface area contributed by atoms with Gasteiger partial charge in [-0.1, -0.05) is 0 Å². The second-order valence-electron chi connectivity index (χ2n) is 3.35. The minimum absolute atomic E-state index is 0.248. The Kier molecular flexibility index (Phi) is 3.09. The standard InChI is InChI=1S/C11H13N3O/c1-12-11(6-9-3-5-15-8-9)10-2-4-13-14-7-10/h2-5,7-8,11-12H,6H2,1H3. The molecule has 1 unspecified atom stereocenters. The van der Waals surface area contributed by atoms with Gasteiger partial charge in [-0.3, -0.25) is 0 Å². The van der Waals surface area contributed by atoms with Gasteiger partial charge >= 0.3 is 0 Å². The molecule has 0 radical (unpaired) electrons. The molecule has 2 rings (SSSR count). The Bertz CT molecular complexity index is 385. The molecule has 0 bridgehead atoms. The minimum atomic E-state index is 0.248. The van der Waals surface area contributed by atoms with Crippen molar-refractivity contribution in [2.45, 2.75) is 12.5 Å². The van der Waals surface area contributed by atoms with E-state index in [0.29, 0.717) is 0 Å². The van der Waals surface area contributed by atoms with Gasteiger partial charge in [-0.05, 0) is 36.7 Å². The van der Waals surface area contributed by atoms with Crippen LogP contribution in [-0.4, -0.2) is 17.2 Å². The normalized spacial score (nSPS) is 12.6. The SMILES string of the molecule is CNC(Cc1ccoc1)c1ccnnc1. The lowest BCUT2D eigenvalue weighted by Crippen LogP contribution is -2.18. The zero-order chi connectivity index (χ0) is 10.5.